The number of hydrogen-bond donors (Lipinski definition) is 2. The second-order valence-electron chi connectivity index (χ2n) is 3.16. The number of carbonyl (C=O) groups is 1. The monoisotopic (exact) mass is 266 g/mol. The molecule has 3 N–H and O–H groups in total. The topological polar surface area (TPSA) is 66.6 Å². The molecule has 1 aromatic rings. The van der Waals surface area contributed by atoms with Gasteiger partial charge in [0, 0.05) is 19.3 Å². The summed E-state index contributed by atoms with van der Waals surface area (Å²) in [5.41, 5.74) is 6.38. The number of nitrogens with zero attached hydrogens (tertiary/aromatic N) is 1. The molecule has 0 heterocycles. The van der Waals surface area contributed by atoms with Crippen molar-refractivity contribution in [2.45, 2.75) is 6.04 Å². The lowest BCUT2D eigenvalue weighted by molar-refractivity contribution is -0.138. The summed E-state index contributed by atoms with van der Waals surface area (Å²) in [4.78, 5) is 12.3. The van der Waals surface area contributed by atoms with E-state index in [2.05, 4.69) is 0 Å². The van der Waals surface area contributed by atoms with Gasteiger partial charge in [-0.25, -0.2) is 0 Å². The van der Waals surface area contributed by atoms with Crippen molar-refractivity contribution >= 4 is 36.5 Å². The first-order chi connectivity index (χ1) is 6.61. The summed E-state index contributed by atoms with van der Waals surface area (Å²) < 4.78 is 0. The molecule has 92 valence electrons. The highest BCUT2D eigenvalue weighted by Gasteiger charge is 2.13. The lowest BCUT2D eigenvalue weighted by Gasteiger charge is -2.21. The number of carboxylic acid groups (broad SMARTS) is 1. The molecule has 1 atom stereocenters. The van der Waals surface area contributed by atoms with E-state index in [1.807, 2.05) is 42.3 Å². The molecular weight excluding hydrogens is 251 g/mol. The third-order valence-electron chi connectivity index (χ3n) is 1.98. The van der Waals surface area contributed by atoms with Gasteiger partial charge in [-0.1, -0.05) is 18.2 Å². The molecule has 1 unspecified atom stereocenters. The second-order valence-corrected chi connectivity index (χ2v) is 3.16. The SMILES string of the molecule is CN(CC(N)C(=O)O)c1ccccc1.Cl.Cl. The van der Waals surface area contributed by atoms with Crippen LogP contribution in [0.1, 0.15) is 0 Å². The highest BCUT2D eigenvalue weighted by Crippen LogP contribution is 2.10. The van der Waals surface area contributed by atoms with Crippen LogP contribution in [0.15, 0.2) is 30.3 Å². The number of benzene rings is 1. The fourth-order valence-corrected chi connectivity index (χ4v) is 1.16. The largest absolute Gasteiger partial charge is 0.480 e. The van der Waals surface area contributed by atoms with Gasteiger partial charge >= 0.3 is 5.97 Å². The third kappa shape index (κ3) is 5.21. The van der Waals surface area contributed by atoms with Crippen LogP contribution in [0.3, 0.4) is 0 Å². The summed E-state index contributed by atoms with van der Waals surface area (Å²) in [5.74, 6) is -0.979. The molecule has 6 heteroatoms. The zero-order valence-corrected chi connectivity index (χ0v) is 10.5. The summed E-state index contributed by atoms with van der Waals surface area (Å²) in [6.45, 7) is 0.305. The molecule has 1 rings (SSSR count). The molecule has 16 heavy (non-hydrogen) atoms. The average molecular weight is 267 g/mol. The van der Waals surface area contributed by atoms with Crippen LogP contribution < -0.4 is 10.6 Å². The maximum atomic E-state index is 10.5. The zero-order chi connectivity index (χ0) is 10.6. The van der Waals surface area contributed by atoms with E-state index in [0.29, 0.717) is 6.54 Å². The van der Waals surface area contributed by atoms with Crippen molar-refractivity contribution < 1.29 is 9.90 Å². The van der Waals surface area contributed by atoms with Gasteiger partial charge in [-0.2, -0.15) is 0 Å². The van der Waals surface area contributed by atoms with Gasteiger partial charge in [0.1, 0.15) is 6.04 Å². The molecule has 0 fully saturated rings. The molecule has 0 saturated carbocycles. The number of nitrogens with two attached hydrogens (primary N) is 1. The van der Waals surface area contributed by atoms with Crippen LogP contribution in [0.5, 0.6) is 0 Å². The molecule has 0 spiro atoms. The Kier molecular flexibility index (Phi) is 8.95. The first-order valence-electron chi connectivity index (χ1n) is 4.36. The van der Waals surface area contributed by atoms with E-state index in [4.69, 9.17) is 10.8 Å². The van der Waals surface area contributed by atoms with Gasteiger partial charge in [0.2, 0.25) is 0 Å². The highest BCUT2D eigenvalue weighted by atomic mass is 35.5. The van der Waals surface area contributed by atoms with Crippen LogP contribution in [0.4, 0.5) is 5.69 Å². The van der Waals surface area contributed by atoms with E-state index in [1.54, 1.807) is 0 Å². The molecule has 4 nitrogen and oxygen atoms in total. The number of likely N-dealkylation sites (N-methyl/N-ethyl adjacent to an activating group) is 1. The lowest BCUT2D eigenvalue weighted by Crippen LogP contribution is -2.41. The van der Waals surface area contributed by atoms with Gasteiger partial charge in [-0.3, -0.25) is 4.79 Å². The minimum absolute atomic E-state index is 0. The van der Waals surface area contributed by atoms with Crippen molar-refractivity contribution in [1.82, 2.24) is 0 Å². The molecule has 0 amide bonds. The fraction of sp³-hybridized carbons (Fsp3) is 0.300. The van der Waals surface area contributed by atoms with Crippen molar-refractivity contribution in [3.63, 3.8) is 0 Å². The van der Waals surface area contributed by atoms with E-state index in [1.165, 1.54) is 0 Å². The molecule has 0 aliphatic rings. The van der Waals surface area contributed by atoms with Gasteiger partial charge in [-0.05, 0) is 12.1 Å². The van der Waals surface area contributed by atoms with E-state index < -0.39 is 12.0 Å². The summed E-state index contributed by atoms with van der Waals surface area (Å²) in [6.07, 6.45) is 0. The fourth-order valence-electron chi connectivity index (χ4n) is 1.16. The van der Waals surface area contributed by atoms with E-state index >= 15 is 0 Å². The van der Waals surface area contributed by atoms with Crippen LogP contribution >= 0.6 is 24.8 Å². The quantitative estimate of drug-likeness (QED) is 0.864. The number of para-hydroxylation sites is 1. The highest BCUT2D eigenvalue weighted by molar-refractivity contribution is 5.85. The van der Waals surface area contributed by atoms with Crippen molar-refractivity contribution in [3.8, 4) is 0 Å². The minimum atomic E-state index is -0.979. The Morgan fingerprint density at radius 3 is 2.31 bits per heavy atom. The van der Waals surface area contributed by atoms with Gasteiger partial charge in [0.05, 0.1) is 0 Å². The first kappa shape index (κ1) is 17.4. The molecular formula is C10H16Cl2N2O2. The van der Waals surface area contributed by atoms with Gasteiger partial charge in [0.15, 0.2) is 0 Å². The third-order valence-corrected chi connectivity index (χ3v) is 1.98. The van der Waals surface area contributed by atoms with Crippen LogP contribution in [0.2, 0.25) is 0 Å². The average Bonchev–Trinajstić information content (AvgIpc) is 2.19. The van der Waals surface area contributed by atoms with Crippen LogP contribution in [-0.2, 0) is 4.79 Å². The van der Waals surface area contributed by atoms with E-state index in [0.717, 1.165) is 5.69 Å². The summed E-state index contributed by atoms with van der Waals surface area (Å²) in [7, 11) is 1.82. The van der Waals surface area contributed by atoms with Crippen molar-refractivity contribution in [2.24, 2.45) is 5.73 Å². The number of carboxylic acids is 1. The van der Waals surface area contributed by atoms with Crippen LogP contribution in [0, 0.1) is 0 Å². The van der Waals surface area contributed by atoms with Gasteiger partial charge in [0.25, 0.3) is 0 Å². The normalized spacial score (nSPS) is 10.6. The summed E-state index contributed by atoms with van der Waals surface area (Å²) in [6, 6.07) is 8.69. The molecule has 0 saturated heterocycles. The van der Waals surface area contributed by atoms with E-state index in [-0.39, 0.29) is 24.8 Å². The molecule has 0 bridgehead atoms. The molecule has 0 aliphatic heterocycles. The Hall–Kier alpha value is -0.970. The molecule has 0 aliphatic carbocycles. The van der Waals surface area contributed by atoms with E-state index in [9.17, 15) is 4.79 Å². The Bertz CT molecular complexity index is 309. The Morgan fingerprint density at radius 1 is 1.38 bits per heavy atom. The Labute approximate surface area is 107 Å². The zero-order valence-electron chi connectivity index (χ0n) is 8.87. The molecule has 1 aromatic carbocycles. The number of halogens is 2. The Balaban J connectivity index is 0. The standard InChI is InChI=1S/C10H14N2O2.2ClH/c1-12(7-9(11)10(13)14)8-5-3-2-4-6-8;;/h2-6,9H,7,11H2,1H3,(H,13,14);2*1H. The number of anilines is 1. The maximum absolute atomic E-state index is 10.5. The van der Waals surface area contributed by atoms with Crippen LogP contribution in [-0.4, -0.2) is 30.7 Å². The second kappa shape index (κ2) is 8.21. The molecule has 0 aromatic heterocycles. The number of hydrogen-bond acceptors (Lipinski definition) is 3. The Morgan fingerprint density at radius 2 is 1.88 bits per heavy atom. The summed E-state index contributed by atoms with van der Waals surface area (Å²) in [5, 5.41) is 8.63. The lowest BCUT2D eigenvalue weighted by atomic mass is 10.2. The van der Waals surface area contributed by atoms with Gasteiger partial charge in [-0.15, -0.1) is 24.8 Å². The van der Waals surface area contributed by atoms with Crippen molar-refractivity contribution in [1.29, 1.82) is 0 Å². The predicted octanol–water partition coefficient (Wildman–Crippen LogP) is 1.38. The first-order valence-corrected chi connectivity index (χ1v) is 4.36. The van der Waals surface area contributed by atoms with Gasteiger partial charge < -0.3 is 15.7 Å². The maximum Gasteiger partial charge on any atom is 0.322 e. The van der Waals surface area contributed by atoms with Crippen molar-refractivity contribution in [3.05, 3.63) is 30.3 Å². The minimum Gasteiger partial charge on any atom is -0.480 e. The predicted molar refractivity (Wildman–Crippen MR) is 69.8 cm³/mol. The number of aliphatic carboxylic acids is 1. The van der Waals surface area contributed by atoms with Crippen molar-refractivity contribution in [2.75, 3.05) is 18.5 Å². The number of rotatable bonds is 4. The smallest absolute Gasteiger partial charge is 0.322 e. The molecule has 0 radical (unpaired) electrons. The van der Waals surface area contributed by atoms with Crippen LogP contribution in [0.25, 0.3) is 0 Å². The summed E-state index contributed by atoms with van der Waals surface area (Å²) >= 11 is 0.